The number of anilines is 3. The van der Waals surface area contributed by atoms with Gasteiger partial charge in [0.1, 0.15) is 17.0 Å². The van der Waals surface area contributed by atoms with E-state index in [2.05, 4.69) is 25.6 Å². The van der Waals surface area contributed by atoms with Crippen molar-refractivity contribution in [2.24, 2.45) is 0 Å². The number of hydrogen-bond acceptors (Lipinski definition) is 7. The molecule has 4 atom stereocenters. The second-order valence-electron chi connectivity index (χ2n) is 7.34. The Balaban J connectivity index is 1.55. The van der Waals surface area contributed by atoms with E-state index in [1.165, 1.54) is 10.8 Å². The van der Waals surface area contributed by atoms with Crippen LogP contribution in [0.4, 0.5) is 30.8 Å². The first-order valence-electron chi connectivity index (χ1n) is 12.9. The molecule has 0 amide bonds. The molecular weight excluding hydrogens is 425 g/mol. The number of aromatic nitrogens is 4. The van der Waals surface area contributed by atoms with Crippen molar-refractivity contribution in [2.45, 2.75) is 50.1 Å². The number of rotatable bonds is 5. The summed E-state index contributed by atoms with van der Waals surface area (Å²) in [6, 6.07) is -1.61. The molecule has 1 saturated heterocycles. The van der Waals surface area contributed by atoms with E-state index in [1.807, 2.05) is 0 Å². The summed E-state index contributed by atoms with van der Waals surface area (Å²) in [6.45, 7) is 0.610. The fourth-order valence-electron chi connectivity index (χ4n) is 3.60. The van der Waals surface area contributed by atoms with Gasteiger partial charge in [-0.3, -0.25) is 4.57 Å². The van der Waals surface area contributed by atoms with Crippen molar-refractivity contribution in [1.29, 1.82) is 0 Å². The lowest BCUT2D eigenvalue weighted by molar-refractivity contribution is 0.126. The van der Waals surface area contributed by atoms with Gasteiger partial charge in [0.2, 0.25) is 11.9 Å². The topological polar surface area (TPSA) is 97.1 Å². The lowest BCUT2D eigenvalue weighted by Gasteiger charge is -2.26. The first-order chi connectivity index (χ1) is 17.7. The average molecular weight is 454 g/mol. The number of fused-ring (bicyclic) bond motifs is 1. The second-order valence-corrected chi connectivity index (χ2v) is 7.34. The zero-order chi connectivity index (χ0) is 27.6. The Labute approximate surface area is 190 Å². The molecule has 4 unspecified atom stereocenters. The van der Waals surface area contributed by atoms with Crippen LogP contribution in [0.2, 0.25) is 0 Å². The van der Waals surface area contributed by atoms with Crippen LogP contribution in [0, 0.1) is 17.5 Å². The Kier molecular flexibility index (Phi) is 4.01. The first kappa shape index (κ1) is 15.0. The van der Waals surface area contributed by atoms with Crippen LogP contribution in [0.3, 0.4) is 0 Å². The molecule has 3 N–H and O–H groups in total. The van der Waals surface area contributed by atoms with E-state index in [-0.39, 0.29) is 35.7 Å². The number of aliphatic hydroxyl groups is 1. The van der Waals surface area contributed by atoms with Crippen LogP contribution in [-0.2, 0) is 4.74 Å². The zero-order valence-corrected chi connectivity index (χ0v) is 16.6. The largest absolute Gasteiger partial charge is 0.393 e. The van der Waals surface area contributed by atoms with Crippen LogP contribution in [0.25, 0.3) is 11.2 Å². The summed E-state index contributed by atoms with van der Waals surface area (Å²) in [5, 5.41) is 15.2. The van der Waals surface area contributed by atoms with Crippen molar-refractivity contribution in [3.05, 3.63) is 35.8 Å². The first-order valence-corrected chi connectivity index (χ1v) is 9.86. The van der Waals surface area contributed by atoms with Gasteiger partial charge >= 0.3 is 0 Å². The Morgan fingerprint density at radius 2 is 2.00 bits per heavy atom. The van der Waals surface area contributed by atoms with Gasteiger partial charge in [0.05, 0.1) is 26.3 Å². The number of nitrogens with one attached hydrogen (secondary N) is 2. The molecule has 3 aromatic rings. The zero-order valence-electron chi connectivity index (χ0n) is 22.6. The number of hydrogen-bond donors (Lipinski definition) is 3. The molecule has 2 fully saturated rings. The molecule has 0 bridgehead atoms. The number of imidazole rings is 1. The molecule has 1 aliphatic heterocycles. The highest BCUT2D eigenvalue weighted by Crippen LogP contribution is 2.32. The van der Waals surface area contributed by atoms with Gasteiger partial charge in [-0.15, -0.1) is 0 Å². The van der Waals surface area contributed by atoms with E-state index in [0.717, 1.165) is 0 Å². The Hall–Kier alpha value is -2.92. The van der Waals surface area contributed by atoms with Gasteiger partial charge in [-0.2, -0.15) is 4.98 Å². The molecular formula is C21H23F3N6O2. The molecule has 8 nitrogen and oxygen atoms in total. The van der Waals surface area contributed by atoms with Crippen LogP contribution in [0.1, 0.15) is 46.3 Å². The van der Waals surface area contributed by atoms with Gasteiger partial charge in [0.25, 0.3) is 0 Å². The summed E-state index contributed by atoms with van der Waals surface area (Å²) < 4.78 is 98.0. The maximum absolute atomic E-state index is 14.4. The molecule has 170 valence electrons. The van der Waals surface area contributed by atoms with Crippen LogP contribution >= 0.6 is 0 Å². The number of benzene rings is 1. The van der Waals surface area contributed by atoms with Crippen LogP contribution in [0.5, 0.6) is 0 Å². The maximum atomic E-state index is 14.4. The van der Waals surface area contributed by atoms with Crippen LogP contribution < -0.4 is 10.6 Å². The Morgan fingerprint density at radius 3 is 2.75 bits per heavy atom. The van der Waals surface area contributed by atoms with Gasteiger partial charge < -0.3 is 20.5 Å². The lowest BCUT2D eigenvalue weighted by Crippen LogP contribution is -2.29. The van der Waals surface area contributed by atoms with E-state index in [0.29, 0.717) is 25.2 Å². The van der Waals surface area contributed by atoms with Crippen molar-refractivity contribution >= 4 is 28.7 Å². The summed E-state index contributed by atoms with van der Waals surface area (Å²) in [7, 11) is 0. The maximum Gasteiger partial charge on any atom is 0.224 e. The molecule has 32 heavy (non-hydrogen) atoms. The van der Waals surface area contributed by atoms with E-state index in [4.69, 9.17) is 13.0 Å². The molecule has 0 spiro atoms. The molecule has 11 heteroatoms. The monoisotopic (exact) mass is 454 g/mol. The molecule has 0 radical (unpaired) electrons. The number of nitrogens with zero attached hydrogens (tertiary/aromatic N) is 4. The molecule has 1 saturated carbocycles. The van der Waals surface area contributed by atoms with Gasteiger partial charge in [0, 0.05) is 31.6 Å². The predicted molar refractivity (Wildman–Crippen MR) is 111 cm³/mol. The van der Waals surface area contributed by atoms with Crippen molar-refractivity contribution in [1.82, 2.24) is 19.5 Å². The van der Waals surface area contributed by atoms with Crippen molar-refractivity contribution < 1.29 is 31.2 Å². The van der Waals surface area contributed by atoms with Crippen molar-refractivity contribution in [2.75, 3.05) is 23.8 Å². The van der Waals surface area contributed by atoms with Gasteiger partial charge in [-0.25, -0.2) is 23.1 Å². The molecule has 1 aromatic carbocycles. The lowest BCUT2D eigenvalue weighted by atomic mass is 9.93. The third-order valence-corrected chi connectivity index (χ3v) is 5.12. The fourth-order valence-corrected chi connectivity index (χ4v) is 3.60. The normalized spacial score (nSPS) is 34.1. The summed E-state index contributed by atoms with van der Waals surface area (Å²) in [6.07, 6.45) is -8.32. The van der Waals surface area contributed by atoms with Crippen LogP contribution in [0.15, 0.2) is 18.3 Å². The molecule has 1 aliphatic carbocycles. The number of ether oxygens (including phenoxy) is 1. The average Bonchev–Trinajstić information content (AvgIpc) is 3.46. The smallest absolute Gasteiger partial charge is 0.224 e. The Morgan fingerprint density at radius 1 is 1.19 bits per heavy atom. The van der Waals surface area contributed by atoms with Gasteiger partial charge in [-0.05, 0) is 32.0 Å². The summed E-state index contributed by atoms with van der Waals surface area (Å²) >= 11 is 0. The standard InChI is InChI=1S/C21H23F3N6O2/c22-11-7-15(23)18(16(24)8-11)28-21-27-17-9-25-20(26-12-1-3-14(31)4-2-12)29-19(17)30(21)13-5-6-32-10-13/h7-9,12-14,31H,1-6,10H2,(H,27,28)(H,25,26,29)/i1D,3D2,4D2,12D. The Bertz CT molecular complexity index is 1370. The predicted octanol–water partition coefficient (Wildman–Crippen LogP) is 3.66. The minimum Gasteiger partial charge on any atom is -0.393 e. The van der Waals surface area contributed by atoms with Crippen molar-refractivity contribution in [3.63, 3.8) is 0 Å². The fraction of sp³-hybridized carbons (Fsp3) is 0.476. The highest BCUT2D eigenvalue weighted by molar-refractivity contribution is 5.76. The minimum atomic E-state index is -2.76. The van der Waals surface area contributed by atoms with E-state index < -0.39 is 60.8 Å². The van der Waals surface area contributed by atoms with E-state index in [9.17, 15) is 18.3 Å². The quantitative estimate of drug-likeness (QED) is 0.541. The minimum absolute atomic E-state index is 0.0428. The molecule has 5 rings (SSSR count). The third-order valence-electron chi connectivity index (χ3n) is 5.12. The van der Waals surface area contributed by atoms with Crippen molar-refractivity contribution in [3.8, 4) is 0 Å². The summed E-state index contributed by atoms with van der Waals surface area (Å²) in [4.78, 5) is 12.7. The molecule has 3 heterocycles. The SMILES string of the molecule is [2H]C1C([2H])(Nc2ncc3nc(Nc4c(F)cc(F)cc4F)n(C4CCOC4)c3n2)CC([2H])([2H])C(O)C1([2H])[2H]. The molecule has 2 aromatic heterocycles. The van der Waals surface area contributed by atoms with Gasteiger partial charge in [-0.1, -0.05) is 0 Å². The summed E-state index contributed by atoms with van der Waals surface area (Å²) in [5.41, 5.74) is -0.310. The number of halogens is 3. The second kappa shape index (κ2) is 8.55. The van der Waals surface area contributed by atoms with E-state index in [1.54, 1.807) is 0 Å². The number of aliphatic hydroxyl groups excluding tert-OH is 1. The molecule has 2 aliphatic rings. The van der Waals surface area contributed by atoms with Crippen LogP contribution in [-0.4, -0.2) is 50.0 Å². The van der Waals surface area contributed by atoms with E-state index >= 15 is 0 Å². The third kappa shape index (κ3) is 4.09. The van der Waals surface area contributed by atoms with Gasteiger partial charge in [0.15, 0.2) is 17.3 Å². The highest BCUT2D eigenvalue weighted by atomic mass is 19.1. The highest BCUT2D eigenvalue weighted by Gasteiger charge is 2.27. The summed E-state index contributed by atoms with van der Waals surface area (Å²) in [5.74, 6) is -3.75.